The Hall–Kier alpha value is -0.780. The number of hydrogen-bond acceptors (Lipinski definition) is 0. The van der Waals surface area contributed by atoms with Gasteiger partial charge in [0.25, 0.3) is 0 Å². The van der Waals surface area contributed by atoms with Crippen LogP contribution in [0.4, 0.5) is 0 Å². The van der Waals surface area contributed by atoms with Crippen LogP contribution in [0.25, 0.3) is 0 Å². The highest BCUT2D eigenvalue weighted by molar-refractivity contribution is 5.22. The monoisotopic (exact) mass is 176 g/mol. The third kappa shape index (κ3) is 2.33. The molecule has 0 heteroatoms. The maximum Gasteiger partial charge on any atom is -0.0136 e. The van der Waals surface area contributed by atoms with E-state index in [1.165, 1.54) is 18.4 Å². The van der Waals surface area contributed by atoms with Gasteiger partial charge in [-0.25, -0.2) is 0 Å². The predicted molar refractivity (Wildman–Crippen MR) is 58.9 cm³/mol. The third-order valence-electron chi connectivity index (χ3n) is 2.85. The molecule has 1 aliphatic rings. The molecule has 0 amide bonds. The van der Waals surface area contributed by atoms with Crippen LogP contribution < -0.4 is 0 Å². The van der Waals surface area contributed by atoms with E-state index in [2.05, 4.69) is 37.3 Å². The van der Waals surface area contributed by atoms with E-state index in [1.54, 1.807) is 0 Å². The molecule has 0 bridgehead atoms. The molecule has 0 spiro atoms. The molecule has 0 saturated heterocycles. The summed E-state index contributed by atoms with van der Waals surface area (Å²) < 4.78 is 0. The van der Waals surface area contributed by atoms with Gasteiger partial charge in [0.05, 0.1) is 0 Å². The van der Waals surface area contributed by atoms with Crippen LogP contribution in [0.3, 0.4) is 0 Å². The van der Waals surface area contributed by atoms with Gasteiger partial charge in [-0.1, -0.05) is 51.1 Å². The van der Waals surface area contributed by atoms with Crippen LogP contribution in [0.2, 0.25) is 0 Å². The second-order valence-electron chi connectivity index (χ2n) is 3.57. The average Bonchev–Trinajstić information content (AvgIpc) is 2.20. The molecular formula is C13H20. The normalized spacial score (nSPS) is 25.5. The van der Waals surface area contributed by atoms with Gasteiger partial charge < -0.3 is 0 Å². The molecule has 0 aliphatic heterocycles. The fourth-order valence-electron chi connectivity index (χ4n) is 1.86. The van der Waals surface area contributed by atoms with E-state index >= 15 is 0 Å². The first-order chi connectivity index (χ1) is 6.38. The van der Waals surface area contributed by atoms with Gasteiger partial charge in [0.1, 0.15) is 0 Å². The number of rotatable bonds is 1. The summed E-state index contributed by atoms with van der Waals surface area (Å²) >= 11 is 0. The Morgan fingerprint density at radius 2 is 1.62 bits per heavy atom. The molecule has 13 heavy (non-hydrogen) atoms. The Balaban J connectivity index is 0.000000396. The van der Waals surface area contributed by atoms with Gasteiger partial charge in [-0.15, -0.1) is 0 Å². The Bertz CT molecular complexity index is 225. The van der Waals surface area contributed by atoms with Crippen molar-refractivity contribution in [1.82, 2.24) is 0 Å². The molecule has 0 N–H and O–H groups in total. The topological polar surface area (TPSA) is 0 Å². The fourth-order valence-corrected chi connectivity index (χ4v) is 1.86. The highest BCUT2D eigenvalue weighted by Gasteiger charge is 2.27. The van der Waals surface area contributed by atoms with Crippen molar-refractivity contribution in [3.8, 4) is 0 Å². The van der Waals surface area contributed by atoms with Crippen molar-refractivity contribution >= 4 is 0 Å². The molecular weight excluding hydrogens is 156 g/mol. The zero-order valence-corrected chi connectivity index (χ0v) is 8.96. The lowest BCUT2D eigenvalue weighted by Gasteiger charge is -2.34. The van der Waals surface area contributed by atoms with Crippen LogP contribution in [-0.4, -0.2) is 0 Å². The highest BCUT2D eigenvalue weighted by Crippen LogP contribution is 2.41. The van der Waals surface area contributed by atoms with Crippen molar-refractivity contribution in [2.75, 3.05) is 0 Å². The second-order valence-corrected chi connectivity index (χ2v) is 3.57. The Morgan fingerprint density at radius 1 is 1.00 bits per heavy atom. The molecule has 0 heterocycles. The molecule has 0 nitrogen and oxygen atoms in total. The largest absolute Gasteiger partial charge is 0.0683 e. The van der Waals surface area contributed by atoms with E-state index in [-0.39, 0.29) is 0 Å². The van der Waals surface area contributed by atoms with E-state index in [4.69, 9.17) is 0 Å². The molecule has 2 rings (SSSR count). The Labute approximate surface area is 82.0 Å². The molecule has 1 fully saturated rings. The molecule has 1 saturated carbocycles. The van der Waals surface area contributed by atoms with E-state index in [9.17, 15) is 0 Å². The zero-order valence-electron chi connectivity index (χ0n) is 8.96. The van der Waals surface area contributed by atoms with Crippen LogP contribution in [0.1, 0.15) is 45.1 Å². The molecule has 2 atom stereocenters. The number of hydrogen-bond donors (Lipinski definition) is 0. The number of benzene rings is 1. The van der Waals surface area contributed by atoms with Crippen LogP contribution in [0.15, 0.2) is 30.3 Å². The standard InChI is InChI=1S/C11H14.C2H6/c1-9-7-8-11(9)10-5-3-2-4-6-10;1-2/h2-6,9,11H,7-8H2,1H3;1-2H3. The Morgan fingerprint density at radius 3 is 2.00 bits per heavy atom. The van der Waals surface area contributed by atoms with Gasteiger partial charge in [0.2, 0.25) is 0 Å². The maximum absolute atomic E-state index is 2.35. The summed E-state index contributed by atoms with van der Waals surface area (Å²) in [5.74, 6) is 1.77. The molecule has 72 valence electrons. The Kier molecular flexibility index (Phi) is 4.01. The smallest absolute Gasteiger partial charge is 0.0136 e. The lowest BCUT2D eigenvalue weighted by Crippen LogP contribution is -2.20. The minimum atomic E-state index is 0.858. The zero-order chi connectivity index (χ0) is 9.68. The fraction of sp³-hybridized carbons (Fsp3) is 0.538. The lowest BCUT2D eigenvalue weighted by atomic mass is 9.71. The minimum Gasteiger partial charge on any atom is -0.0683 e. The van der Waals surface area contributed by atoms with Gasteiger partial charge in [0.15, 0.2) is 0 Å². The van der Waals surface area contributed by atoms with Crippen LogP contribution >= 0.6 is 0 Å². The van der Waals surface area contributed by atoms with E-state index in [0.29, 0.717) is 0 Å². The van der Waals surface area contributed by atoms with Crippen molar-refractivity contribution in [3.05, 3.63) is 35.9 Å². The molecule has 1 aromatic rings. The van der Waals surface area contributed by atoms with Crippen molar-refractivity contribution in [3.63, 3.8) is 0 Å². The summed E-state index contributed by atoms with van der Waals surface area (Å²) in [5.41, 5.74) is 1.53. The summed E-state index contributed by atoms with van der Waals surface area (Å²) in [6.07, 6.45) is 2.81. The molecule has 0 aromatic heterocycles. The summed E-state index contributed by atoms with van der Waals surface area (Å²) in [4.78, 5) is 0. The van der Waals surface area contributed by atoms with Crippen LogP contribution in [-0.2, 0) is 0 Å². The summed E-state index contributed by atoms with van der Waals surface area (Å²) in [5, 5.41) is 0. The van der Waals surface area contributed by atoms with Gasteiger partial charge in [-0.05, 0) is 30.2 Å². The summed E-state index contributed by atoms with van der Waals surface area (Å²) in [7, 11) is 0. The maximum atomic E-state index is 2.35. The average molecular weight is 176 g/mol. The van der Waals surface area contributed by atoms with Gasteiger partial charge in [0, 0.05) is 0 Å². The minimum absolute atomic E-state index is 0.858. The van der Waals surface area contributed by atoms with Crippen molar-refractivity contribution < 1.29 is 0 Å². The van der Waals surface area contributed by atoms with E-state index in [1.807, 2.05) is 13.8 Å². The van der Waals surface area contributed by atoms with E-state index in [0.717, 1.165) is 11.8 Å². The van der Waals surface area contributed by atoms with Crippen LogP contribution in [0.5, 0.6) is 0 Å². The SMILES string of the molecule is CC.CC1CCC1c1ccccc1. The molecule has 0 radical (unpaired) electrons. The molecule has 1 aliphatic carbocycles. The first-order valence-electron chi connectivity index (χ1n) is 5.43. The van der Waals surface area contributed by atoms with Crippen molar-refractivity contribution in [1.29, 1.82) is 0 Å². The molecule has 2 unspecified atom stereocenters. The highest BCUT2D eigenvalue weighted by atomic mass is 14.3. The van der Waals surface area contributed by atoms with Gasteiger partial charge >= 0.3 is 0 Å². The van der Waals surface area contributed by atoms with Gasteiger partial charge in [-0.2, -0.15) is 0 Å². The predicted octanol–water partition coefficient (Wildman–Crippen LogP) is 4.23. The lowest BCUT2D eigenvalue weighted by molar-refractivity contribution is 0.280. The van der Waals surface area contributed by atoms with Gasteiger partial charge in [-0.3, -0.25) is 0 Å². The first-order valence-corrected chi connectivity index (χ1v) is 5.43. The quantitative estimate of drug-likeness (QED) is 0.600. The van der Waals surface area contributed by atoms with Crippen molar-refractivity contribution in [2.45, 2.75) is 39.5 Å². The van der Waals surface area contributed by atoms with Crippen LogP contribution in [0, 0.1) is 5.92 Å². The summed E-state index contributed by atoms with van der Waals surface area (Å²) in [6, 6.07) is 10.9. The second kappa shape index (κ2) is 5.06. The first kappa shape index (κ1) is 10.3. The summed E-state index contributed by atoms with van der Waals surface area (Å²) in [6.45, 7) is 6.35. The third-order valence-corrected chi connectivity index (χ3v) is 2.85. The van der Waals surface area contributed by atoms with E-state index < -0.39 is 0 Å². The van der Waals surface area contributed by atoms with Crippen molar-refractivity contribution in [2.24, 2.45) is 5.92 Å². The molecule has 1 aromatic carbocycles.